The molecule has 7 heteroatoms. The highest BCUT2D eigenvalue weighted by molar-refractivity contribution is 7.11. The van der Waals surface area contributed by atoms with Gasteiger partial charge in [-0.3, -0.25) is 4.79 Å². The molecule has 110 valence electrons. The first-order valence-corrected chi connectivity index (χ1v) is 7.61. The summed E-state index contributed by atoms with van der Waals surface area (Å²) < 4.78 is 0. The molecule has 0 aliphatic heterocycles. The molecule has 0 unspecified atom stereocenters. The van der Waals surface area contributed by atoms with Crippen LogP contribution < -0.4 is 5.32 Å². The third-order valence-electron chi connectivity index (χ3n) is 3.16. The number of hydrogen-bond acceptors (Lipinski definition) is 4. The third kappa shape index (κ3) is 4.19. The number of rotatable bonds is 7. The second-order valence-corrected chi connectivity index (χ2v) is 6.00. The summed E-state index contributed by atoms with van der Waals surface area (Å²) in [6.45, 7) is 2.74. The third-order valence-corrected chi connectivity index (χ3v) is 4.30. The predicted molar refractivity (Wildman–Crippen MR) is 75.7 cm³/mol. The van der Waals surface area contributed by atoms with Gasteiger partial charge in [-0.1, -0.05) is 6.92 Å². The van der Waals surface area contributed by atoms with Crippen molar-refractivity contribution in [3.63, 3.8) is 0 Å². The summed E-state index contributed by atoms with van der Waals surface area (Å²) in [5, 5.41) is 12.4. The van der Waals surface area contributed by atoms with Gasteiger partial charge in [0.05, 0.1) is 13.0 Å². The van der Waals surface area contributed by atoms with Crippen LogP contribution in [0.15, 0.2) is 6.20 Å². The summed E-state index contributed by atoms with van der Waals surface area (Å²) in [6.07, 6.45) is 4.68. The van der Waals surface area contributed by atoms with Crippen molar-refractivity contribution in [1.29, 1.82) is 0 Å². The van der Waals surface area contributed by atoms with Crippen molar-refractivity contribution in [2.24, 2.45) is 0 Å². The maximum absolute atomic E-state index is 12.1. The molecule has 1 heterocycles. The Balaban J connectivity index is 1.83. The van der Waals surface area contributed by atoms with E-state index >= 15 is 0 Å². The lowest BCUT2D eigenvalue weighted by atomic mass is 10.4. The Kier molecular flexibility index (Phi) is 4.94. The summed E-state index contributed by atoms with van der Waals surface area (Å²) in [5.74, 6) is -0.879. The number of amides is 2. The number of aromatic nitrogens is 1. The van der Waals surface area contributed by atoms with E-state index in [-0.39, 0.29) is 25.0 Å². The van der Waals surface area contributed by atoms with Crippen LogP contribution in [0.2, 0.25) is 0 Å². The molecule has 6 nitrogen and oxygen atoms in total. The summed E-state index contributed by atoms with van der Waals surface area (Å²) in [5.41, 5.74) is 0. The number of carbonyl (C=O) groups excluding carboxylic acids is 1. The fraction of sp³-hybridized carbons (Fsp3) is 0.615. The molecule has 0 radical (unpaired) electrons. The zero-order valence-electron chi connectivity index (χ0n) is 11.5. The molecular formula is C13H19N3O3S. The van der Waals surface area contributed by atoms with E-state index in [1.807, 2.05) is 6.20 Å². The van der Waals surface area contributed by atoms with E-state index in [2.05, 4.69) is 17.2 Å². The normalized spacial score (nSPS) is 14.1. The summed E-state index contributed by atoms with van der Waals surface area (Å²) in [4.78, 5) is 29.8. The molecule has 20 heavy (non-hydrogen) atoms. The molecular weight excluding hydrogens is 278 g/mol. The largest absolute Gasteiger partial charge is 0.481 e. The van der Waals surface area contributed by atoms with Crippen LogP contribution in [-0.2, 0) is 17.8 Å². The van der Waals surface area contributed by atoms with Crippen molar-refractivity contribution >= 4 is 23.3 Å². The lowest BCUT2D eigenvalue weighted by molar-refractivity contribution is -0.137. The van der Waals surface area contributed by atoms with Gasteiger partial charge in [-0.15, -0.1) is 11.3 Å². The number of hydrogen-bond donors (Lipinski definition) is 2. The molecule has 0 saturated heterocycles. The first-order chi connectivity index (χ1) is 9.60. The molecule has 1 aliphatic carbocycles. The van der Waals surface area contributed by atoms with Crippen LogP contribution in [0, 0.1) is 0 Å². The molecule has 1 aromatic heterocycles. The van der Waals surface area contributed by atoms with Crippen LogP contribution in [0.25, 0.3) is 0 Å². The van der Waals surface area contributed by atoms with E-state index in [1.165, 1.54) is 4.88 Å². The van der Waals surface area contributed by atoms with Crippen LogP contribution in [0.1, 0.15) is 36.1 Å². The Bertz CT molecular complexity index is 485. The number of aliphatic carboxylic acids is 1. The van der Waals surface area contributed by atoms with Gasteiger partial charge in [0.15, 0.2) is 0 Å². The van der Waals surface area contributed by atoms with Crippen molar-refractivity contribution in [2.45, 2.75) is 45.2 Å². The first-order valence-electron chi connectivity index (χ1n) is 6.80. The molecule has 2 amide bonds. The number of urea groups is 1. The highest BCUT2D eigenvalue weighted by Crippen LogP contribution is 2.27. The lowest BCUT2D eigenvalue weighted by Crippen LogP contribution is -2.42. The van der Waals surface area contributed by atoms with Gasteiger partial charge in [0.25, 0.3) is 0 Å². The number of aryl methyl sites for hydroxylation is 1. The molecule has 1 saturated carbocycles. The number of carboxylic acids is 1. The Morgan fingerprint density at radius 3 is 2.85 bits per heavy atom. The molecule has 0 spiro atoms. The van der Waals surface area contributed by atoms with Crippen molar-refractivity contribution in [2.75, 3.05) is 6.54 Å². The van der Waals surface area contributed by atoms with E-state index in [0.29, 0.717) is 6.54 Å². The van der Waals surface area contributed by atoms with Gasteiger partial charge >= 0.3 is 12.0 Å². The van der Waals surface area contributed by atoms with Gasteiger partial charge in [-0.05, 0) is 19.3 Å². The van der Waals surface area contributed by atoms with E-state index in [9.17, 15) is 9.59 Å². The standard InChI is InChI=1S/C13H19N3O3S/c1-2-10-7-14-11(20-10)8-15-13(19)16(9-3-4-9)6-5-12(17)18/h7,9H,2-6,8H2,1H3,(H,15,19)(H,17,18). The Hall–Kier alpha value is -1.63. The summed E-state index contributed by atoms with van der Waals surface area (Å²) in [7, 11) is 0. The maximum atomic E-state index is 12.1. The molecule has 2 rings (SSSR count). The van der Waals surface area contributed by atoms with Crippen molar-refractivity contribution in [3.8, 4) is 0 Å². The molecule has 0 bridgehead atoms. The molecule has 0 aromatic carbocycles. The fourth-order valence-electron chi connectivity index (χ4n) is 1.90. The minimum atomic E-state index is -0.879. The average molecular weight is 297 g/mol. The van der Waals surface area contributed by atoms with E-state index < -0.39 is 5.97 Å². The smallest absolute Gasteiger partial charge is 0.318 e. The van der Waals surface area contributed by atoms with Gasteiger partial charge in [-0.2, -0.15) is 0 Å². The van der Waals surface area contributed by atoms with E-state index in [1.54, 1.807) is 16.2 Å². The van der Waals surface area contributed by atoms with Crippen LogP contribution in [0.4, 0.5) is 4.79 Å². The number of carboxylic acid groups (broad SMARTS) is 1. The zero-order valence-corrected chi connectivity index (χ0v) is 12.3. The van der Waals surface area contributed by atoms with Crippen molar-refractivity contribution < 1.29 is 14.7 Å². The quantitative estimate of drug-likeness (QED) is 0.804. The van der Waals surface area contributed by atoms with Gasteiger partial charge in [-0.25, -0.2) is 9.78 Å². The Morgan fingerprint density at radius 2 is 2.30 bits per heavy atom. The monoisotopic (exact) mass is 297 g/mol. The van der Waals surface area contributed by atoms with Gasteiger partial charge in [0.2, 0.25) is 0 Å². The zero-order chi connectivity index (χ0) is 14.5. The van der Waals surface area contributed by atoms with Crippen molar-refractivity contribution in [3.05, 3.63) is 16.1 Å². The second kappa shape index (κ2) is 6.69. The first kappa shape index (κ1) is 14.8. The predicted octanol–water partition coefficient (Wildman–Crippen LogP) is 1.85. The molecule has 0 atom stereocenters. The summed E-state index contributed by atoms with van der Waals surface area (Å²) >= 11 is 1.59. The average Bonchev–Trinajstić information content (AvgIpc) is 3.14. The topological polar surface area (TPSA) is 82.5 Å². The SMILES string of the molecule is CCc1cnc(CNC(=O)N(CCC(=O)O)C2CC2)s1. The highest BCUT2D eigenvalue weighted by atomic mass is 32.1. The molecule has 1 aliphatic rings. The Morgan fingerprint density at radius 1 is 1.55 bits per heavy atom. The van der Waals surface area contributed by atoms with E-state index in [0.717, 1.165) is 24.3 Å². The van der Waals surface area contributed by atoms with E-state index in [4.69, 9.17) is 5.11 Å². The molecule has 1 aromatic rings. The highest BCUT2D eigenvalue weighted by Gasteiger charge is 2.32. The molecule has 2 N–H and O–H groups in total. The second-order valence-electron chi connectivity index (χ2n) is 4.80. The van der Waals surface area contributed by atoms with Gasteiger partial charge in [0.1, 0.15) is 5.01 Å². The van der Waals surface area contributed by atoms with Crippen LogP contribution in [0.5, 0.6) is 0 Å². The molecule has 1 fully saturated rings. The lowest BCUT2D eigenvalue weighted by Gasteiger charge is -2.21. The van der Waals surface area contributed by atoms with Crippen LogP contribution in [-0.4, -0.2) is 39.6 Å². The van der Waals surface area contributed by atoms with Gasteiger partial charge < -0.3 is 15.3 Å². The van der Waals surface area contributed by atoms with Gasteiger partial charge in [0, 0.05) is 23.7 Å². The van der Waals surface area contributed by atoms with Crippen molar-refractivity contribution in [1.82, 2.24) is 15.2 Å². The minimum Gasteiger partial charge on any atom is -0.481 e. The number of carbonyl (C=O) groups is 2. The number of nitrogens with one attached hydrogen (secondary N) is 1. The summed E-state index contributed by atoms with van der Waals surface area (Å²) in [6, 6.07) is 0.0128. The number of nitrogens with zero attached hydrogens (tertiary/aromatic N) is 2. The fourth-order valence-corrected chi connectivity index (χ4v) is 2.70. The van der Waals surface area contributed by atoms with Crippen LogP contribution >= 0.6 is 11.3 Å². The Labute approximate surface area is 121 Å². The van der Waals surface area contributed by atoms with Crippen LogP contribution in [0.3, 0.4) is 0 Å². The maximum Gasteiger partial charge on any atom is 0.318 e. The number of thiazole rings is 1. The minimum absolute atomic E-state index is 0.0127.